The van der Waals surface area contributed by atoms with E-state index in [2.05, 4.69) is 40.4 Å². The van der Waals surface area contributed by atoms with E-state index in [-0.39, 0.29) is 22.3 Å². The number of Topliss-reactive ketones (excluding diaryl/α,β-unsaturated/α-hetero) is 1. The average Bonchev–Trinajstić information content (AvgIpc) is 2.98. The van der Waals surface area contributed by atoms with Crippen molar-refractivity contribution in [2.24, 2.45) is 16.2 Å². The Hall–Kier alpha value is -0.153. The summed E-state index contributed by atoms with van der Waals surface area (Å²) in [7, 11) is -1.31. The maximum atomic E-state index is 12.8. The van der Waals surface area contributed by atoms with Crippen molar-refractivity contribution in [2.45, 2.75) is 77.9 Å². The van der Waals surface area contributed by atoms with Gasteiger partial charge in [0.1, 0.15) is 5.78 Å². The number of fused-ring (bicyclic) bond motifs is 1. The highest BCUT2D eigenvalue weighted by atomic mass is 28.3. The van der Waals surface area contributed by atoms with Gasteiger partial charge in [-0.25, -0.2) is 0 Å². The molecule has 1 saturated heterocycles. The topological polar surface area (TPSA) is 29.6 Å². The quantitative estimate of drug-likeness (QED) is 0.568. The molecule has 19 heavy (non-hydrogen) atoms. The molecule has 0 spiro atoms. The number of ether oxygens (including phenoxy) is 1. The second-order valence-electron chi connectivity index (χ2n) is 8.89. The Morgan fingerprint density at radius 1 is 1.16 bits per heavy atom. The zero-order valence-corrected chi connectivity index (χ0v) is 14.3. The van der Waals surface area contributed by atoms with Crippen molar-refractivity contribution in [1.82, 2.24) is 0 Å². The molecule has 2 nitrogen and oxygen atoms in total. The number of hydrogen-bond acceptors (Lipinski definition) is 2. The third kappa shape index (κ3) is 1.49. The lowest BCUT2D eigenvalue weighted by Gasteiger charge is -2.44. The SMILES string of the molecule is C[C@@]12CCC[C@]1(C)[C@](C)(C1OC1[Si](C)(C)C)C(=O)C2. The van der Waals surface area contributed by atoms with Crippen LogP contribution in [0.15, 0.2) is 0 Å². The molecule has 0 aromatic heterocycles. The van der Waals surface area contributed by atoms with Gasteiger partial charge < -0.3 is 4.74 Å². The van der Waals surface area contributed by atoms with Crippen LogP contribution in [0.1, 0.15) is 46.5 Å². The first-order chi connectivity index (χ1) is 8.56. The number of hydrogen-bond donors (Lipinski definition) is 0. The summed E-state index contributed by atoms with van der Waals surface area (Å²) in [6.07, 6.45) is 4.68. The molecule has 2 saturated carbocycles. The Morgan fingerprint density at radius 3 is 2.32 bits per heavy atom. The summed E-state index contributed by atoms with van der Waals surface area (Å²) in [5, 5.41) is 0. The van der Waals surface area contributed by atoms with E-state index in [0.717, 1.165) is 6.42 Å². The molecule has 0 aromatic rings. The van der Waals surface area contributed by atoms with Crippen LogP contribution in [-0.4, -0.2) is 25.7 Å². The van der Waals surface area contributed by atoms with Gasteiger partial charge in [0.25, 0.3) is 0 Å². The van der Waals surface area contributed by atoms with Gasteiger partial charge in [-0.2, -0.15) is 0 Å². The number of carbonyl (C=O) groups is 1. The summed E-state index contributed by atoms with van der Waals surface area (Å²) < 4.78 is 6.10. The Labute approximate surface area is 118 Å². The molecular formula is C16H28O2Si. The van der Waals surface area contributed by atoms with Crippen LogP contribution < -0.4 is 0 Å². The number of carbonyl (C=O) groups excluding carboxylic acids is 1. The van der Waals surface area contributed by atoms with Crippen molar-refractivity contribution in [3.8, 4) is 0 Å². The first-order valence-electron chi connectivity index (χ1n) is 7.75. The Morgan fingerprint density at radius 2 is 1.79 bits per heavy atom. The van der Waals surface area contributed by atoms with Gasteiger partial charge in [0.05, 0.1) is 25.3 Å². The smallest absolute Gasteiger partial charge is 0.142 e. The maximum absolute atomic E-state index is 12.8. The summed E-state index contributed by atoms with van der Waals surface area (Å²) in [5.74, 6) is 0.475. The molecule has 0 N–H and O–H groups in total. The van der Waals surface area contributed by atoms with Crippen molar-refractivity contribution in [1.29, 1.82) is 0 Å². The minimum Gasteiger partial charge on any atom is -0.372 e. The monoisotopic (exact) mass is 280 g/mol. The van der Waals surface area contributed by atoms with Gasteiger partial charge in [0.15, 0.2) is 0 Å². The molecule has 3 rings (SSSR count). The summed E-state index contributed by atoms with van der Waals surface area (Å²) in [5.41, 5.74) is 0.523. The molecule has 1 heterocycles. The highest BCUT2D eigenvalue weighted by molar-refractivity contribution is 6.78. The van der Waals surface area contributed by atoms with E-state index in [4.69, 9.17) is 4.74 Å². The molecule has 2 unspecified atom stereocenters. The lowest BCUT2D eigenvalue weighted by Crippen LogP contribution is -2.47. The number of rotatable bonds is 2. The first-order valence-corrected chi connectivity index (χ1v) is 11.3. The number of epoxide rings is 1. The number of ketones is 1. The Kier molecular flexibility index (Phi) is 2.57. The highest BCUT2D eigenvalue weighted by Gasteiger charge is 2.74. The Balaban J connectivity index is 1.98. The van der Waals surface area contributed by atoms with Crippen LogP contribution in [0.2, 0.25) is 19.6 Å². The molecule has 0 bridgehead atoms. The van der Waals surface area contributed by atoms with E-state index in [1.165, 1.54) is 19.3 Å². The van der Waals surface area contributed by atoms with Gasteiger partial charge in [0.2, 0.25) is 0 Å². The zero-order chi connectivity index (χ0) is 14.3. The highest BCUT2D eigenvalue weighted by Crippen LogP contribution is 2.72. The van der Waals surface area contributed by atoms with Crippen LogP contribution in [0.25, 0.3) is 0 Å². The van der Waals surface area contributed by atoms with Crippen molar-refractivity contribution >= 4 is 13.9 Å². The Bertz CT molecular complexity index is 441. The lowest BCUT2D eigenvalue weighted by molar-refractivity contribution is -0.130. The fourth-order valence-corrected chi connectivity index (χ4v) is 6.90. The van der Waals surface area contributed by atoms with Crippen molar-refractivity contribution in [3.63, 3.8) is 0 Å². The molecule has 3 aliphatic rings. The molecule has 0 radical (unpaired) electrons. The van der Waals surface area contributed by atoms with E-state index in [1.807, 2.05) is 0 Å². The van der Waals surface area contributed by atoms with Gasteiger partial charge in [-0.15, -0.1) is 0 Å². The summed E-state index contributed by atoms with van der Waals surface area (Å²) in [4.78, 5) is 12.8. The third-order valence-corrected chi connectivity index (χ3v) is 9.07. The van der Waals surface area contributed by atoms with E-state index in [0.29, 0.717) is 11.5 Å². The van der Waals surface area contributed by atoms with Crippen LogP contribution in [-0.2, 0) is 9.53 Å². The van der Waals surface area contributed by atoms with Gasteiger partial charge in [-0.1, -0.05) is 39.9 Å². The second kappa shape index (κ2) is 3.54. The van der Waals surface area contributed by atoms with E-state index < -0.39 is 8.07 Å². The van der Waals surface area contributed by atoms with Gasteiger partial charge >= 0.3 is 0 Å². The van der Waals surface area contributed by atoms with Crippen molar-refractivity contribution in [3.05, 3.63) is 0 Å². The molecule has 3 fully saturated rings. The van der Waals surface area contributed by atoms with E-state index in [9.17, 15) is 4.79 Å². The van der Waals surface area contributed by atoms with Gasteiger partial charge in [0, 0.05) is 6.42 Å². The fraction of sp³-hybridized carbons (Fsp3) is 0.938. The molecule has 2 aliphatic carbocycles. The largest absolute Gasteiger partial charge is 0.372 e. The fourth-order valence-electron chi connectivity index (χ4n) is 5.11. The maximum Gasteiger partial charge on any atom is 0.142 e. The molecule has 5 atom stereocenters. The minimum absolute atomic E-state index is 0.149. The lowest BCUT2D eigenvalue weighted by atomic mass is 9.59. The molecule has 108 valence electrons. The summed E-state index contributed by atoms with van der Waals surface area (Å²) in [6.45, 7) is 14.0. The molecule has 0 amide bonds. The predicted molar refractivity (Wildman–Crippen MR) is 79.8 cm³/mol. The van der Waals surface area contributed by atoms with Crippen molar-refractivity contribution < 1.29 is 9.53 Å². The predicted octanol–water partition coefficient (Wildman–Crippen LogP) is 3.81. The zero-order valence-electron chi connectivity index (χ0n) is 13.3. The summed E-state index contributed by atoms with van der Waals surface area (Å²) in [6, 6.07) is 0. The average molecular weight is 280 g/mol. The van der Waals surface area contributed by atoms with Crippen LogP contribution in [0.3, 0.4) is 0 Å². The van der Waals surface area contributed by atoms with Crippen LogP contribution in [0, 0.1) is 16.2 Å². The third-order valence-electron chi connectivity index (χ3n) is 6.93. The summed E-state index contributed by atoms with van der Waals surface area (Å²) >= 11 is 0. The minimum atomic E-state index is -1.31. The van der Waals surface area contributed by atoms with Gasteiger partial charge in [-0.05, 0) is 30.6 Å². The molecular weight excluding hydrogens is 252 g/mol. The van der Waals surface area contributed by atoms with Crippen LogP contribution in [0.5, 0.6) is 0 Å². The van der Waals surface area contributed by atoms with Gasteiger partial charge in [-0.3, -0.25) is 4.79 Å². The molecule has 1 aliphatic heterocycles. The van der Waals surface area contributed by atoms with Crippen LogP contribution >= 0.6 is 0 Å². The molecule has 3 heteroatoms. The normalized spacial score (nSPS) is 53.5. The second-order valence-corrected chi connectivity index (χ2v) is 14.2. The molecule has 0 aromatic carbocycles. The van der Waals surface area contributed by atoms with E-state index >= 15 is 0 Å². The van der Waals surface area contributed by atoms with Crippen LogP contribution in [0.4, 0.5) is 0 Å². The van der Waals surface area contributed by atoms with E-state index in [1.54, 1.807) is 0 Å². The van der Waals surface area contributed by atoms with Crippen molar-refractivity contribution in [2.75, 3.05) is 0 Å². The standard InChI is InChI=1S/C16H28O2Si/c1-14-8-7-9-15(14,2)16(3,11(17)10-14)12-13(18-12)19(4,5)6/h12-13H,7-10H2,1-6H3/t12?,13?,14-,15-,16-/m0/s1. The first kappa shape index (κ1) is 13.8.